The third-order valence-electron chi connectivity index (χ3n) is 3.04. The summed E-state index contributed by atoms with van der Waals surface area (Å²) in [5.74, 6) is -0.397. The Kier molecular flexibility index (Phi) is 2.70. The smallest absolute Gasteiger partial charge is 0.297 e. The van der Waals surface area contributed by atoms with Gasteiger partial charge in [-0.1, -0.05) is 15.9 Å². The maximum atomic E-state index is 12.0. The van der Waals surface area contributed by atoms with E-state index in [0.717, 1.165) is 4.47 Å². The Labute approximate surface area is 117 Å². The molecule has 1 aliphatic rings. The molecule has 0 N–H and O–H groups in total. The van der Waals surface area contributed by atoms with Gasteiger partial charge in [0.15, 0.2) is 0 Å². The standard InChI is InChI=1S/C12H9BrN4O2/c1-16-10(14-6-15-16)5-17-9-3-2-7(13)4-8(9)11(18)12(17)19/h2-4,6H,5H2,1H3. The van der Waals surface area contributed by atoms with E-state index in [1.165, 1.54) is 11.2 Å². The topological polar surface area (TPSA) is 68.1 Å². The molecule has 0 atom stereocenters. The summed E-state index contributed by atoms with van der Waals surface area (Å²) in [4.78, 5) is 29.4. The first-order valence-electron chi connectivity index (χ1n) is 5.56. The van der Waals surface area contributed by atoms with Crippen molar-refractivity contribution >= 4 is 33.3 Å². The van der Waals surface area contributed by atoms with Gasteiger partial charge in [0.25, 0.3) is 11.7 Å². The molecule has 0 spiro atoms. The minimum absolute atomic E-state index is 0.232. The van der Waals surface area contributed by atoms with Crippen LogP contribution in [0.25, 0.3) is 0 Å². The highest BCUT2D eigenvalue weighted by Gasteiger charge is 2.36. The molecule has 0 fully saturated rings. The van der Waals surface area contributed by atoms with Crippen LogP contribution in [0.2, 0.25) is 0 Å². The summed E-state index contributed by atoms with van der Waals surface area (Å²) in [7, 11) is 1.74. The molecular weight excluding hydrogens is 312 g/mol. The third kappa shape index (κ3) is 1.86. The van der Waals surface area contributed by atoms with Gasteiger partial charge < -0.3 is 0 Å². The van der Waals surface area contributed by atoms with Crippen molar-refractivity contribution in [3.63, 3.8) is 0 Å². The van der Waals surface area contributed by atoms with Gasteiger partial charge >= 0.3 is 0 Å². The van der Waals surface area contributed by atoms with Crippen LogP contribution < -0.4 is 4.90 Å². The summed E-state index contributed by atoms with van der Waals surface area (Å²) in [5, 5.41) is 3.95. The van der Waals surface area contributed by atoms with E-state index in [4.69, 9.17) is 0 Å². The molecule has 3 rings (SSSR count). The number of benzene rings is 1. The fourth-order valence-corrected chi connectivity index (χ4v) is 2.40. The lowest BCUT2D eigenvalue weighted by molar-refractivity contribution is -0.114. The Morgan fingerprint density at radius 1 is 1.32 bits per heavy atom. The first-order valence-corrected chi connectivity index (χ1v) is 6.36. The number of hydrogen-bond acceptors (Lipinski definition) is 4. The molecule has 19 heavy (non-hydrogen) atoms. The van der Waals surface area contributed by atoms with E-state index >= 15 is 0 Å². The van der Waals surface area contributed by atoms with Crippen LogP contribution in [0, 0.1) is 0 Å². The zero-order valence-electron chi connectivity index (χ0n) is 10.00. The van der Waals surface area contributed by atoms with Crippen molar-refractivity contribution in [2.45, 2.75) is 6.54 Å². The van der Waals surface area contributed by atoms with Crippen LogP contribution in [0.1, 0.15) is 16.2 Å². The number of carbonyl (C=O) groups excluding carboxylic acids is 2. The number of hydrogen-bond donors (Lipinski definition) is 0. The molecule has 1 aliphatic heterocycles. The Hall–Kier alpha value is -2.02. The molecule has 0 saturated heterocycles. The molecule has 1 aromatic carbocycles. The number of fused-ring (bicyclic) bond motifs is 1. The van der Waals surface area contributed by atoms with Gasteiger partial charge in [-0.15, -0.1) is 0 Å². The molecule has 1 amide bonds. The predicted molar refractivity (Wildman–Crippen MR) is 70.7 cm³/mol. The van der Waals surface area contributed by atoms with Crippen LogP contribution in [0.5, 0.6) is 0 Å². The van der Waals surface area contributed by atoms with E-state index in [1.807, 2.05) is 0 Å². The van der Waals surface area contributed by atoms with Crippen LogP contribution in [0.3, 0.4) is 0 Å². The summed E-state index contributed by atoms with van der Waals surface area (Å²) in [5.41, 5.74) is 1.03. The summed E-state index contributed by atoms with van der Waals surface area (Å²) in [6.07, 6.45) is 1.42. The van der Waals surface area contributed by atoms with Gasteiger partial charge in [0.2, 0.25) is 0 Å². The number of halogens is 1. The highest BCUT2D eigenvalue weighted by atomic mass is 79.9. The zero-order valence-corrected chi connectivity index (χ0v) is 11.6. The Bertz CT molecular complexity index is 695. The van der Waals surface area contributed by atoms with Crippen LogP contribution in [-0.2, 0) is 18.4 Å². The van der Waals surface area contributed by atoms with Gasteiger partial charge in [0.05, 0.1) is 17.8 Å². The summed E-state index contributed by atoms with van der Waals surface area (Å²) in [6.45, 7) is 0.232. The SMILES string of the molecule is Cn1ncnc1CN1C(=O)C(=O)c2cc(Br)ccc21. The number of ketones is 1. The number of aryl methyl sites for hydroxylation is 1. The molecule has 0 aliphatic carbocycles. The van der Waals surface area contributed by atoms with Crippen LogP contribution in [0.15, 0.2) is 29.0 Å². The van der Waals surface area contributed by atoms with Crippen molar-refractivity contribution in [2.24, 2.45) is 7.05 Å². The van der Waals surface area contributed by atoms with Crippen molar-refractivity contribution in [3.05, 3.63) is 40.4 Å². The molecule has 6 nitrogen and oxygen atoms in total. The maximum absolute atomic E-state index is 12.0. The van der Waals surface area contributed by atoms with Crippen LogP contribution >= 0.6 is 15.9 Å². The Morgan fingerprint density at radius 2 is 2.11 bits per heavy atom. The minimum atomic E-state index is -0.531. The van der Waals surface area contributed by atoms with E-state index < -0.39 is 11.7 Å². The Morgan fingerprint density at radius 3 is 2.79 bits per heavy atom. The van der Waals surface area contributed by atoms with Gasteiger partial charge in [0, 0.05) is 11.5 Å². The van der Waals surface area contributed by atoms with Crippen LogP contribution in [-0.4, -0.2) is 26.5 Å². The molecule has 0 saturated carbocycles. The van der Waals surface area contributed by atoms with Crippen molar-refractivity contribution in [2.75, 3.05) is 4.90 Å². The monoisotopic (exact) mass is 320 g/mol. The van der Waals surface area contributed by atoms with E-state index in [0.29, 0.717) is 17.1 Å². The molecular formula is C12H9BrN4O2. The molecule has 1 aromatic heterocycles. The van der Waals surface area contributed by atoms with E-state index in [9.17, 15) is 9.59 Å². The number of nitrogens with zero attached hydrogens (tertiary/aromatic N) is 4. The first kappa shape index (κ1) is 12.0. The molecule has 7 heteroatoms. The van der Waals surface area contributed by atoms with Gasteiger partial charge in [-0.05, 0) is 18.2 Å². The molecule has 0 bridgehead atoms. The fourth-order valence-electron chi connectivity index (χ4n) is 2.03. The molecule has 0 radical (unpaired) electrons. The number of amides is 1. The average molecular weight is 321 g/mol. The van der Waals surface area contributed by atoms with E-state index in [-0.39, 0.29) is 6.54 Å². The molecule has 2 aromatic rings. The quantitative estimate of drug-likeness (QED) is 0.782. The summed E-state index contributed by atoms with van der Waals surface area (Å²) >= 11 is 3.30. The van der Waals surface area contributed by atoms with Gasteiger partial charge in [-0.25, -0.2) is 4.98 Å². The maximum Gasteiger partial charge on any atom is 0.299 e. The predicted octanol–water partition coefficient (Wildman–Crippen LogP) is 1.31. The average Bonchev–Trinajstić information content (AvgIpc) is 2.88. The van der Waals surface area contributed by atoms with Crippen LogP contribution in [0.4, 0.5) is 5.69 Å². The summed E-state index contributed by atoms with van der Waals surface area (Å²) in [6, 6.07) is 5.21. The fraction of sp³-hybridized carbons (Fsp3) is 0.167. The second-order valence-electron chi connectivity index (χ2n) is 4.18. The number of rotatable bonds is 2. The first-order chi connectivity index (χ1) is 9.08. The summed E-state index contributed by atoms with van der Waals surface area (Å²) < 4.78 is 2.35. The lowest BCUT2D eigenvalue weighted by Gasteiger charge is -2.15. The third-order valence-corrected chi connectivity index (χ3v) is 3.53. The van der Waals surface area contributed by atoms with Crippen molar-refractivity contribution in [1.82, 2.24) is 14.8 Å². The van der Waals surface area contributed by atoms with Gasteiger partial charge in [0.1, 0.15) is 12.2 Å². The van der Waals surface area contributed by atoms with E-state index in [1.54, 1.807) is 29.9 Å². The lowest BCUT2D eigenvalue weighted by Crippen LogP contribution is -2.30. The van der Waals surface area contributed by atoms with Gasteiger partial charge in [-0.2, -0.15) is 5.10 Å². The molecule has 96 valence electrons. The van der Waals surface area contributed by atoms with Gasteiger partial charge in [-0.3, -0.25) is 19.2 Å². The zero-order chi connectivity index (χ0) is 13.6. The lowest BCUT2D eigenvalue weighted by atomic mass is 10.1. The normalized spacial score (nSPS) is 14.1. The number of aromatic nitrogens is 3. The number of Topliss-reactive ketones (excluding diaryl/α,β-unsaturated/α-hetero) is 1. The van der Waals surface area contributed by atoms with Crippen molar-refractivity contribution in [1.29, 1.82) is 0 Å². The second-order valence-corrected chi connectivity index (χ2v) is 5.10. The molecule has 2 heterocycles. The Balaban J connectivity index is 2.02. The number of carbonyl (C=O) groups is 2. The second kappa shape index (κ2) is 4.27. The van der Waals surface area contributed by atoms with E-state index in [2.05, 4.69) is 26.0 Å². The minimum Gasteiger partial charge on any atom is -0.297 e. The largest absolute Gasteiger partial charge is 0.299 e. The molecule has 0 unspecified atom stereocenters. The highest BCUT2D eigenvalue weighted by molar-refractivity contribution is 9.10. The number of anilines is 1. The van der Waals surface area contributed by atoms with Crippen molar-refractivity contribution in [3.8, 4) is 0 Å². The van der Waals surface area contributed by atoms with Crippen molar-refractivity contribution < 1.29 is 9.59 Å². The highest BCUT2D eigenvalue weighted by Crippen LogP contribution is 2.32.